The third kappa shape index (κ3) is 4.15. The van der Waals surface area contributed by atoms with Crippen molar-refractivity contribution < 1.29 is 0 Å². The van der Waals surface area contributed by atoms with Gasteiger partial charge in [0.1, 0.15) is 0 Å². The molecular weight excluding hydrogens is 251 g/mol. The molecule has 0 spiro atoms. The van der Waals surface area contributed by atoms with Crippen LogP contribution >= 0.6 is 23.2 Å². The third-order valence-corrected chi connectivity index (χ3v) is 2.47. The van der Waals surface area contributed by atoms with E-state index < -0.39 is 0 Å². The minimum absolute atomic E-state index is 0. The van der Waals surface area contributed by atoms with Crippen LogP contribution in [0.25, 0.3) is 0 Å². The van der Waals surface area contributed by atoms with Gasteiger partial charge in [0.25, 0.3) is 0 Å². The van der Waals surface area contributed by atoms with Crippen molar-refractivity contribution in [3.8, 4) is 11.8 Å². The molecule has 2 rings (SSSR count). The molecule has 0 fully saturated rings. The van der Waals surface area contributed by atoms with Gasteiger partial charge in [-0.05, 0) is 36.4 Å². The molecule has 0 saturated heterocycles. The summed E-state index contributed by atoms with van der Waals surface area (Å²) in [6.45, 7) is 0. The van der Waals surface area contributed by atoms with Gasteiger partial charge in [-0.2, -0.15) is 0 Å². The summed E-state index contributed by atoms with van der Waals surface area (Å²) in [6, 6.07) is 14.9. The second-order valence-corrected chi connectivity index (χ2v) is 4.14. The lowest BCUT2D eigenvalue weighted by Crippen LogP contribution is -1.76. The highest BCUT2D eigenvalue weighted by atomic mass is 35.5. The van der Waals surface area contributed by atoms with Crippen molar-refractivity contribution in [1.82, 2.24) is 0 Å². The highest BCUT2D eigenvalue weighted by Crippen LogP contribution is 2.11. The molecule has 0 radical (unpaired) electrons. The minimum atomic E-state index is 0. The second kappa shape index (κ2) is 6.35. The normalized spacial score (nSPS) is 8.82. The molecule has 0 unspecified atom stereocenters. The number of rotatable bonds is 0. The Hall–Kier alpha value is -1.42. The molecule has 0 nitrogen and oxygen atoms in total. The van der Waals surface area contributed by atoms with Crippen LogP contribution in [0, 0.1) is 11.8 Å². The second-order valence-electron chi connectivity index (χ2n) is 3.27. The zero-order chi connectivity index (χ0) is 11.4. The quantitative estimate of drug-likeness (QED) is 0.585. The van der Waals surface area contributed by atoms with Crippen molar-refractivity contribution in [3.05, 3.63) is 69.7 Å². The molecule has 0 bridgehead atoms. The molecule has 86 valence electrons. The van der Waals surface area contributed by atoms with Gasteiger partial charge in [0.2, 0.25) is 0 Å². The molecule has 0 aliphatic rings. The molecule has 0 aliphatic heterocycles. The Labute approximate surface area is 112 Å². The Morgan fingerprint density at radius 3 is 1.47 bits per heavy atom. The highest BCUT2D eigenvalue weighted by Gasteiger charge is 1.90. The molecule has 0 N–H and O–H groups in total. The van der Waals surface area contributed by atoms with Crippen LogP contribution in [0.2, 0.25) is 10.0 Å². The van der Waals surface area contributed by atoms with Crippen LogP contribution in [-0.4, -0.2) is 0 Å². The fourth-order valence-electron chi connectivity index (χ4n) is 1.28. The predicted octanol–water partition coefficient (Wildman–Crippen LogP) is 5.03. The summed E-state index contributed by atoms with van der Waals surface area (Å²) in [6.07, 6.45) is 0. The maximum Gasteiger partial charge on any atom is 0.0418 e. The molecule has 0 saturated carbocycles. The molecule has 17 heavy (non-hydrogen) atoms. The first-order valence-corrected chi connectivity index (χ1v) is 5.53. The SMILES string of the molecule is C.Clc1cccc(C#Cc2cccc(Cl)c2)c1. The highest BCUT2D eigenvalue weighted by molar-refractivity contribution is 6.31. The van der Waals surface area contributed by atoms with Crippen LogP contribution < -0.4 is 0 Å². The monoisotopic (exact) mass is 262 g/mol. The van der Waals surface area contributed by atoms with Crippen molar-refractivity contribution in [2.45, 2.75) is 7.43 Å². The maximum absolute atomic E-state index is 5.86. The van der Waals surface area contributed by atoms with E-state index in [0.717, 1.165) is 11.1 Å². The van der Waals surface area contributed by atoms with Gasteiger partial charge in [0.15, 0.2) is 0 Å². The van der Waals surface area contributed by atoms with Gasteiger partial charge >= 0.3 is 0 Å². The zero-order valence-corrected chi connectivity index (χ0v) is 9.89. The zero-order valence-electron chi connectivity index (χ0n) is 8.37. The van der Waals surface area contributed by atoms with E-state index in [0.29, 0.717) is 10.0 Å². The molecule has 2 aromatic carbocycles. The molecule has 0 amide bonds. The van der Waals surface area contributed by atoms with E-state index in [4.69, 9.17) is 23.2 Å². The van der Waals surface area contributed by atoms with E-state index in [1.807, 2.05) is 48.5 Å². The number of halogens is 2. The summed E-state index contributed by atoms with van der Waals surface area (Å²) in [7, 11) is 0. The fraction of sp³-hybridized carbons (Fsp3) is 0.0667. The van der Waals surface area contributed by atoms with Gasteiger partial charge in [-0.3, -0.25) is 0 Å². The molecular formula is C15H12Cl2. The van der Waals surface area contributed by atoms with E-state index in [1.165, 1.54) is 0 Å². The topological polar surface area (TPSA) is 0 Å². The summed E-state index contributed by atoms with van der Waals surface area (Å²) in [5, 5.41) is 1.38. The summed E-state index contributed by atoms with van der Waals surface area (Å²) >= 11 is 11.7. The van der Waals surface area contributed by atoms with Crippen LogP contribution in [0.15, 0.2) is 48.5 Å². The Morgan fingerprint density at radius 1 is 0.706 bits per heavy atom. The Morgan fingerprint density at radius 2 is 1.12 bits per heavy atom. The summed E-state index contributed by atoms with van der Waals surface area (Å²) in [5.74, 6) is 6.07. The minimum Gasteiger partial charge on any atom is -0.0843 e. The van der Waals surface area contributed by atoms with Crippen molar-refractivity contribution in [2.24, 2.45) is 0 Å². The predicted molar refractivity (Wildman–Crippen MR) is 75.6 cm³/mol. The molecule has 0 aliphatic carbocycles. The van der Waals surface area contributed by atoms with Crippen LogP contribution in [0.4, 0.5) is 0 Å². The molecule has 0 heterocycles. The van der Waals surface area contributed by atoms with Crippen molar-refractivity contribution in [2.75, 3.05) is 0 Å². The van der Waals surface area contributed by atoms with Gasteiger partial charge in [0.05, 0.1) is 0 Å². The first kappa shape index (κ1) is 13.6. The van der Waals surface area contributed by atoms with E-state index in [9.17, 15) is 0 Å². The van der Waals surface area contributed by atoms with Gasteiger partial charge in [-0.25, -0.2) is 0 Å². The van der Waals surface area contributed by atoms with Gasteiger partial charge in [-0.1, -0.05) is 54.6 Å². The average Bonchev–Trinajstić information content (AvgIpc) is 2.27. The number of hydrogen-bond acceptors (Lipinski definition) is 0. The lowest BCUT2D eigenvalue weighted by atomic mass is 10.2. The molecule has 2 aromatic rings. The summed E-state index contributed by atoms with van der Waals surface area (Å²) < 4.78 is 0. The van der Waals surface area contributed by atoms with E-state index >= 15 is 0 Å². The number of benzene rings is 2. The van der Waals surface area contributed by atoms with Crippen LogP contribution in [-0.2, 0) is 0 Å². The van der Waals surface area contributed by atoms with Gasteiger partial charge < -0.3 is 0 Å². The lowest BCUT2D eigenvalue weighted by Gasteiger charge is -1.92. The standard InChI is InChI=1S/C14H8Cl2.CH4/c15-13-5-1-3-11(9-13)7-8-12-4-2-6-14(16)10-12;/h1-6,9-10H;1H4. The van der Waals surface area contributed by atoms with Crippen LogP contribution in [0.5, 0.6) is 0 Å². The van der Waals surface area contributed by atoms with E-state index in [1.54, 1.807) is 0 Å². The van der Waals surface area contributed by atoms with Gasteiger partial charge in [-0.15, -0.1) is 0 Å². The first-order valence-electron chi connectivity index (χ1n) is 4.77. The maximum atomic E-state index is 5.86. The summed E-state index contributed by atoms with van der Waals surface area (Å²) in [5.41, 5.74) is 1.79. The summed E-state index contributed by atoms with van der Waals surface area (Å²) in [4.78, 5) is 0. The Kier molecular flexibility index (Phi) is 5.10. The smallest absolute Gasteiger partial charge is 0.0418 e. The van der Waals surface area contributed by atoms with E-state index in [2.05, 4.69) is 11.8 Å². The number of hydrogen-bond donors (Lipinski definition) is 0. The Bertz CT molecular complexity index is 513. The third-order valence-electron chi connectivity index (χ3n) is 2.00. The average molecular weight is 263 g/mol. The van der Waals surface area contributed by atoms with Crippen molar-refractivity contribution >= 4 is 23.2 Å². The van der Waals surface area contributed by atoms with E-state index in [-0.39, 0.29) is 7.43 Å². The van der Waals surface area contributed by atoms with Crippen molar-refractivity contribution in [1.29, 1.82) is 0 Å². The fourth-order valence-corrected chi connectivity index (χ4v) is 1.66. The largest absolute Gasteiger partial charge is 0.0843 e. The van der Waals surface area contributed by atoms with Gasteiger partial charge in [0, 0.05) is 21.2 Å². The molecule has 0 aromatic heterocycles. The van der Waals surface area contributed by atoms with Crippen LogP contribution in [0.3, 0.4) is 0 Å². The van der Waals surface area contributed by atoms with Crippen molar-refractivity contribution in [3.63, 3.8) is 0 Å². The first-order chi connectivity index (χ1) is 7.74. The molecule has 2 heteroatoms. The lowest BCUT2D eigenvalue weighted by molar-refractivity contribution is 1.62. The Balaban J connectivity index is 0.00000144. The van der Waals surface area contributed by atoms with Crippen LogP contribution in [0.1, 0.15) is 18.6 Å². The molecule has 0 atom stereocenters.